The molecule has 134 valence electrons. The normalized spacial score (nSPS) is 24.5. The van der Waals surface area contributed by atoms with Crippen molar-refractivity contribution in [2.24, 2.45) is 11.8 Å². The first-order chi connectivity index (χ1) is 12.7. The molecule has 5 heteroatoms. The summed E-state index contributed by atoms with van der Waals surface area (Å²) in [6.45, 7) is 0. The zero-order valence-corrected chi connectivity index (χ0v) is 14.5. The fourth-order valence-electron chi connectivity index (χ4n) is 4.13. The first kappa shape index (κ1) is 16.6. The Bertz CT molecular complexity index is 811. The molecule has 2 aromatic rings. The summed E-state index contributed by atoms with van der Waals surface area (Å²) < 4.78 is 5.31. The molecule has 26 heavy (non-hydrogen) atoms. The van der Waals surface area contributed by atoms with Crippen molar-refractivity contribution in [2.45, 2.75) is 31.7 Å². The van der Waals surface area contributed by atoms with E-state index in [0.29, 0.717) is 17.2 Å². The molecule has 5 nitrogen and oxygen atoms in total. The highest BCUT2D eigenvalue weighted by atomic mass is 16.3. The molecule has 2 bridgehead atoms. The van der Waals surface area contributed by atoms with Crippen LogP contribution in [0.1, 0.15) is 41.8 Å². The standard InChI is InChI=1S/C21H22N2O3/c24-20(15-5-2-1-3-6-15)23-19(13-17-7-4-10-26-17)21(25)22-18-12-14-8-9-16(18)11-14/h1-7,10,13-14,16,18H,8-9,11-12H2,(H,22,25)(H,23,24)/b19-13-/t14-,16-,18+/m0/s1. The van der Waals surface area contributed by atoms with E-state index in [4.69, 9.17) is 4.42 Å². The number of amides is 2. The third-order valence-corrected chi connectivity index (χ3v) is 5.41. The van der Waals surface area contributed by atoms with E-state index >= 15 is 0 Å². The maximum atomic E-state index is 12.8. The van der Waals surface area contributed by atoms with E-state index in [1.807, 2.05) is 6.07 Å². The molecule has 0 spiro atoms. The highest BCUT2D eigenvalue weighted by Gasteiger charge is 2.40. The molecule has 2 amide bonds. The van der Waals surface area contributed by atoms with Crippen LogP contribution in [0.15, 0.2) is 58.8 Å². The number of benzene rings is 1. The molecule has 2 saturated carbocycles. The zero-order chi connectivity index (χ0) is 17.9. The van der Waals surface area contributed by atoms with Crippen LogP contribution in [0.5, 0.6) is 0 Å². The topological polar surface area (TPSA) is 71.3 Å². The summed E-state index contributed by atoms with van der Waals surface area (Å²) in [7, 11) is 0. The van der Waals surface area contributed by atoms with E-state index in [9.17, 15) is 9.59 Å². The van der Waals surface area contributed by atoms with Gasteiger partial charge in [0, 0.05) is 17.7 Å². The maximum Gasteiger partial charge on any atom is 0.268 e. The van der Waals surface area contributed by atoms with Crippen molar-refractivity contribution in [3.8, 4) is 0 Å². The van der Waals surface area contributed by atoms with Crippen LogP contribution in [0.3, 0.4) is 0 Å². The van der Waals surface area contributed by atoms with Crippen molar-refractivity contribution in [1.29, 1.82) is 0 Å². The van der Waals surface area contributed by atoms with Gasteiger partial charge in [-0.15, -0.1) is 0 Å². The first-order valence-corrected chi connectivity index (χ1v) is 9.11. The van der Waals surface area contributed by atoms with Crippen LogP contribution in [-0.2, 0) is 4.79 Å². The lowest BCUT2D eigenvalue weighted by molar-refractivity contribution is -0.118. The zero-order valence-electron chi connectivity index (χ0n) is 14.5. The fourth-order valence-corrected chi connectivity index (χ4v) is 4.13. The number of carbonyl (C=O) groups is 2. The van der Waals surface area contributed by atoms with Crippen LogP contribution >= 0.6 is 0 Å². The predicted octanol–water partition coefficient (Wildman–Crippen LogP) is 3.36. The average Bonchev–Trinajstić information content (AvgIpc) is 3.40. The molecule has 0 aliphatic heterocycles. The van der Waals surface area contributed by atoms with Gasteiger partial charge in [-0.3, -0.25) is 9.59 Å². The summed E-state index contributed by atoms with van der Waals surface area (Å²) in [6.07, 6.45) is 7.81. The Balaban J connectivity index is 1.51. The van der Waals surface area contributed by atoms with Gasteiger partial charge >= 0.3 is 0 Å². The van der Waals surface area contributed by atoms with Crippen molar-refractivity contribution < 1.29 is 14.0 Å². The van der Waals surface area contributed by atoms with Gasteiger partial charge < -0.3 is 15.1 Å². The van der Waals surface area contributed by atoms with E-state index in [1.54, 1.807) is 42.5 Å². The average molecular weight is 350 g/mol. The highest BCUT2D eigenvalue weighted by Crippen LogP contribution is 2.44. The minimum Gasteiger partial charge on any atom is -0.465 e. The smallest absolute Gasteiger partial charge is 0.268 e. The Kier molecular flexibility index (Phi) is 4.61. The maximum absolute atomic E-state index is 12.8. The third kappa shape index (κ3) is 3.57. The van der Waals surface area contributed by atoms with Crippen LogP contribution in [0, 0.1) is 11.8 Å². The van der Waals surface area contributed by atoms with E-state index in [-0.39, 0.29) is 23.6 Å². The molecule has 0 saturated heterocycles. The lowest BCUT2D eigenvalue weighted by atomic mass is 9.95. The number of hydrogen-bond donors (Lipinski definition) is 2. The summed E-state index contributed by atoms with van der Waals surface area (Å²) in [5, 5.41) is 5.86. The molecule has 2 aliphatic rings. The van der Waals surface area contributed by atoms with Gasteiger partial charge in [-0.1, -0.05) is 24.6 Å². The fraction of sp³-hybridized carbons (Fsp3) is 0.333. The Morgan fingerprint density at radius 2 is 1.88 bits per heavy atom. The highest BCUT2D eigenvalue weighted by molar-refractivity contribution is 6.05. The minimum absolute atomic E-state index is 0.204. The Labute approximate surface area is 152 Å². The molecule has 2 aliphatic carbocycles. The summed E-state index contributed by atoms with van der Waals surface area (Å²) >= 11 is 0. The van der Waals surface area contributed by atoms with Crippen molar-refractivity contribution >= 4 is 17.9 Å². The second kappa shape index (κ2) is 7.20. The van der Waals surface area contributed by atoms with E-state index in [1.165, 1.54) is 25.5 Å². The van der Waals surface area contributed by atoms with Crippen molar-refractivity contribution in [1.82, 2.24) is 10.6 Å². The molecule has 2 fully saturated rings. The molecular weight excluding hydrogens is 328 g/mol. The number of carbonyl (C=O) groups excluding carboxylic acids is 2. The number of furan rings is 1. The molecular formula is C21H22N2O3. The number of nitrogens with one attached hydrogen (secondary N) is 2. The second-order valence-electron chi connectivity index (χ2n) is 7.15. The first-order valence-electron chi connectivity index (χ1n) is 9.11. The molecule has 0 unspecified atom stereocenters. The number of rotatable bonds is 5. The van der Waals surface area contributed by atoms with Gasteiger partial charge in [0.15, 0.2) is 0 Å². The van der Waals surface area contributed by atoms with Crippen LogP contribution in [0.2, 0.25) is 0 Å². The molecule has 4 rings (SSSR count). The minimum atomic E-state index is -0.313. The molecule has 1 aromatic heterocycles. The van der Waals surface area contributed by atoms with Gasteiger partial charge in [-0.05, 0) is 55.4 Å². The van der Waals surface area contributed by atoms with E-state index in [0.717, 1.165) is 12.3 Å². The Morgan fingerprint density at radius 3 is 2.54 bits per heavy atom. The largest absolute Gasteiger partial charge is 0.465 e. The number of hydrogen-bond acceptors (Lipinski definition) is 3. The Morgan fingerprint density at radius 1 is 1.04 bits per heavy atom. The monoisotopic (exact) mass is 350 g/mol. The van der Waals surface area contributed by atoms with Gasteiger partial charge in [-0.2, -0.15) is 0 Å². The lowest BCUT2D eigenvalue weighted by Gasteiger charge is -2.23. The lowest BCUT2D eigenvalue weighted by Crippen LogP contribution is -2.42. The van der Waals surface area contributed by atoms with E-state index in [2.05, 4.69) is 10.6 Å². The predicted molar refractivity (Wildman–Crippen MR) is 98.0 cm³/mol. The number of fused-ring (bicyclic) bond motifs is 2. The van der Waals surface area contributed by atoms with Gasteiger partial charge in [0.2, 0.25) is 0 Å². The van der Waals surface area contributed by atoms with Crippen LogP contribution in [0.25, 0.3) is 6.08 Å². The molecule has 2 N–H and O–H groups in total. The van der Waals surface area contributed by atoms with Crippen molar-refractivity contribution in [3.05, 3.63) is 65.7 Å². The van der Waals surface area contributed by atoms with Crippen LogP contribution in [-0.4, -0.2) is 17.9 Å². The SMILES string of the molecule is O=C(N[C@@H]1C[C@H]2CC[C@H]1C2)/C(=C/c1ccco1)NC(=O)c1ccccc1. The third-order valence-electron chi connectivity index (χ3n) is 5.41. The molecule has 1 heterocycles. The van der Waals surface area contributed by atoms with Gasteiger partial charge in [0.25, 0.3) is 11.8 Å². The Hall–Kier alpha value is -2.82. The second-order valence-corrected chi connectivity index (χ2v) is 7.15. The molecule has 3 atom stereocenters. The van der Waals surface area contributed by atoms with Gasteiger partial charge in [0.05, 0.1) is 6.26 Å². The van der Waals surface area contributed by atoms with E-state index < -0.39 is 0 Å². The summed E-state index contributed by atoms with van der Waals surface area (Å²) in [6, 6.07) is 12.6. The van der Waals surface area contributed by atoms with Gasteiger partial charge in [0.1, 0.15) is 11.5 Å². The van der Waals surface area contributed by atoms with Crippen molar-refractivity contribution in [2.75, 3.05) is 0 Å². The molecule has 1 aromatic carbocycles. The quantitative estimate of drug-likeness (QED) is 0.812. The van der Waals surface area contributed by atoms with Crippen LogP contribution < -0.4 is 10.6 Å². The summed E-state index contributed by atoms with van der Waals surface area (Å²) in [4.78, 5) is 25.3. The van der Waals surface area contributed by atoms with Crippen molar-refractivity contribution in [3.63, 3.8) is 0 Å². The van der Waals surface area contributed by atoms with Crippen LogP contribution in [0.4, 0.5) is 0 Å². The van der Waals surface area contributed by atoms with Gasteiger partial charge in [-0.25, -0.2) is 0 Å². The molecule has 0 radical (unpaired) electrons. The summed E-state index contributed by atoms with van der Waals surface area (Å²) in [5.74, 6) is 1.26. The summed E-state index contributed by atoms with van der Waals surface area (Å²) in [5.41, 5.74) is 0.710.